The van der Waals surface area contributed by atoms with E-state index in [-0.39, 0.29) is 30.0 Å². The summed E-state index contributed by atoms with van der Waals surface area (Å²) in [6.07, 6.45) is 0.418. The summed E-state index contributed by atoms with van der Waals surface area (Å²) in [4.78, 5) is 32.7. The maximum absolute atomic E-state index is 11.2. The van der Waals surface area contributed by atoms with E-state index in [1.165, 1.54) is 0 Å². The number of amides is 1. The maximum atomic E-state index is 11.2. The van der Waals surface area contributed by atoms with Gasteiger partial charge < -0.3 is 15.8 Å². The van der Waals surface area contributed by atoms with Crippen molar-refractivity contribution in [2.24, 2.45) is 5.73 Å². The van der Waals surface area contributed by atoms with Gasteiger partial charge in [0.25, 0.3) is 0 Å². The SMILES string of the molecule is CCC(=O)[C@@H](C)N.CCC(=O)[C@@H](C)NC(=O)OC(C)(C)C.Cl. The number of hydrogen-bond acceptors (Lipinski definition) is 5. The van der Waals surface area contributed by atoms with Crippen LogP contribution in [0.25, 0.3) is 0 Å². The summed E-state index contributed by atoms with van der Waals surface area (Å²) in [6, 6.07) is -0.750. The number of rotatable bonds is 5. The number of carbonyl (C=O) groups is 3. The highest BCUT2D eigenvalue weighted by Crippen LogP contribution is 2.06. The predicted octanol–water partition coefficient (Wildman–Crippen LogP) is 2.61. The van der Waals surface area contributed by atoms with Crippen LogP contribution in [0.2, 0.25) is 0 Å². The standard InChI is InChI=1S/C10H19NO3.C5H11NO.ClH/c1-6-8(12)7(2)11-9(13)14-10(3,4)5;1-3-5(7)4(2)6;/h7H,6H2,1-5H3,(H,11,13);4H,3,6H2,1-2H3;1H/t7-;4-;/m11./s1. The average Bonchev–Trinajstić information content (AvgIpc) is 2.34. The smallest absolute Gasteiger partial charge is 0.408 e. The fourth-order valence-corrected chi connectivity index (χ4v) is 1.19. The Kier molecular flexibility index (Phi) is 14.5. The van der Waals surface area contributed by atoms with Gasteiger partial charge in [-0.3, -0.25) is 9.59 Å². The zero-order valence-corrected chi connectivity index (χ0v) is 15.5. The Morgan fingerprint density at radius 3 is 1.68 bits per heavy atom. The van der Waals surface area contributed by atoms with Gasteiger partial charge in [-0.15, -0.1) is 12.4 Å². The molecular weight excluding hydrogens is 308 g/mol. The number of ketones is 2. The van der Waals surface area contributed by atoms with E-state index in [1.807, 2.05) is 6.92 Å². The number of nitrogens with two attached hydrogens (primary N) is 1. The first kappa shape index (κ1) is 25.8. The topological polar surface area (TPSA) is 98.5 Å². The fraction of sp³-hybridized carbons (Fsp3) is 0.800. The van der Waals surface area contributed by atoms with Gasteiger partial charge in [0.1, 0.15) is 11.4 Å². The largest absolute Gasteiger partial charge is 0.444 e. The Bertz CT molecular complexity index is 352. The number of carbonyl (C=O) groups excluding carboxylic acids is 3. The van der Waals surface area contributed by atoms with Crippen LogP contribution >= 0.6 is 12.4 Å². The molecule has 6 nitrogen and oxygen atoms in total. The van der Waals surface area contributed by atoms with Crippen LogP contribution in [0.1, 0.15) is 61.3 Å². The second kappa shape index (κ2) is 12.4. The first-order chi connectivity index (χ1) is 9.44. The normalized spacial score (nSPS) is 12.7. The Hall–Kier alpha value is -1.14. The lowest BCUT2D eigenvalue weighted by molar-refractivity contribution is -0.120. The molecule has 2 atom stereocenters. The molecule has 7 heteroatoms. The van der Waals surface area contributed by atoms with E-state index in [0.717, 1.165) is 0 Å². The minimum atomic E-state index is -0.549. The number of Topliss-reactive ketones (excluding diaryl/α,β-unsaturated/α-hetero) is 2. The van der Waals surface area contributed by atoms with Crippen molar-refractivity contribution in [1.82, 2.24) is 5.32 Å². The highest BCUT2D eigenvalue weighted by molar-refractivity contribution is 5.86. The van der Waals surface area contributed by atoms with Crippen molar-refractivity contribution in [3.8, 4) is 0 Å². The molecular formula is C15H31ClN2O4. The summed E-state index contributed by atoms with van der Waals surface area (Å²) in [5.74, 6) is 0.121. The van der Waals surface area contributed by atoms with E-state index in [2.05, 4.69) is 5.32 Å². The van der Waals surface area contributed by atoms with Crippen molar-refractivity contribution < 1.29 is 19.1 Å². The number of nitrogens with one attached hydrogen (secondary N) is 1. The Morgan fingerprint density at radius 1 is 1.05 bits per heavy atom. The summed E-state index contributed by atoms with van der Waals surface area (Å²) >= 11 is 0. The van der Waals surface area contributed by atoms with E-state index < -0.39 is 17.7 Å². The predicted molar refractivity (Wildman–Crippen MR) is 90.3 cm³/mol. The van der Waals surface area contributed by atoms with E-state index >= 15 is 0 Å². The summed E-state index contributed by atoms with van der Waals surface area (Å²) in [5, 5.41) is 2.48. The van der Waals surface area contributed by atoms with Crippen LogP contribution < -0.4 is 11.1 Å². The van der Waals surface area contributed by atoms with Crippen LogP contribution in [0.5, 0.6) is 0 Å². The van der Waals surface area contributed by atoms with Gasteiger partial charge in [0, 0.05) is 12.8 Å². The molecule has 0 aliphatic carbocycles. The second-order valence-electron chi connectivity index (χ2n) is 5.80. The first-order valence-electron chi connectivity index (χ1n) is 7.25. The second-order valence-corrected chi connectivity index (χ2v) is 5.80. The summed E-state index contributed by atoms with van der Waals surface area (Å²) in [7, 11) is 0. The molecule has 22 heavy (non-hydrogen) atoms. The molecule has 0 aliphatic heterocycles. The van der Waals surface area contributed by atoms with E-state index in [4.69, 9.17) is 10.5 Å². The molecule has 0 aromatic rings. The van der Waals surface area contributed by atoms with Crippen molar-refractivity contribution >= 4 is 30.1 Å². The van der Waals surface area contributed by atoms with Gasteiger partial charge in [-0.1, -0.05) is 13.8 Å². The minimum Gasteiger partial charge on any atom is -0.444 e. The molecule has 0 rings (SSSR count). The number of hydrogen-bond donors (Lipinski definition) is 2. The van der Waals surface area contributed by atoms with Crippen LogP contribution in [0.3, 0.4) is 0 Å². The van der Waals surface area contributed by atoms with Crippen LogP contribution in [0.15, 0.2) is 0 Å². The van der Waals surface area contributed by atoms with Crippen molar-refractivity contribution in [3.05, 3.63) is 0 Å². The van der Waals surface area contributed by atoms with Crippen LogP contribution in [-0.4, -0.2) is 35.3 Å². The zero-order valence-electron chi connectivity index (χ0n) is 14.7. The molecule has 0 heterocycles. The molecule has 0 aromatic heterocycles. The van der Waals surface area contributed by atoms with E-state index in [1.54, 1.807) is 41.5 Å². The zero-order chi connectivity index (χ0) is 17.2. The fourth-order valence-electron chi connectivity index (χ4n) is 1.19. The van der Waals surface area contributed by atoms with Crippen LogP contribution in [-0.2, 0) is 14.3 Å². The summed E-state index contributed by atoms with van der Waals surface area (Å²) in [6.45, 7) is 12.2. The van der Waals surface area contributed by atoms with Crippen molar-refractivity contribution in [2.45, 2.75) is 79.0 Å². The maximum Gasteiger partial charge on any atom is 0.408 e. The Morgan fingerprint density at radius 2 is 1.45 bits per heavy atom. The molecule has 3 N–H and O–H groups in total. The number of alkyl carbamates (subject to hydrolysis) is 1. The molecule has 0 aromatic carbocycles. The molecule has 0 spiro atoms. The summed E-state index contributed by atoms with van der Waals surface area (Å²) < 4.78 is 5.00. The molecule has 0 aliphatic rings. The number of ether oxygens (including phenoxy) is 1. The van der Waals surface area contributed by atoms with Gasteiger partial charge >= 0.3 is 6.09 Å². The van der Waals surface area contributed by atoms with Gasteiger partial charge in [0.2, 0.25) is 0 Å². The molecule has 132 valence electrons. The average molecular weight is 339 g/mol. The quantitative estimate of drug-likeness (QED) is 0.802. The lowest BCUT2D eigenvalue weighted by Gasteiger charge is -2.21. The molecule has 0 bridgehead atoms. The Labute approximate surface area is 139 Å². The third kappa shape index (κ3) is 15.3. The third-order valence-corrected chi connectivity index (χ3v) is 2.42. The van der Waals surface area contributed by atoms with Crippen molar-refractivity contribution in [2.75, 3.05) is 0 Å². The Balaban J connectivity index is -0.000000385. The molecule has 0 saturated heterocycles. The summed E-state index contributed by atoms with van der Waals surface area (Å²) in [5.41, 5.74) is 4.67. The number of halogens is 1. The highest BCUT2D eigenvalue weighted by Gasteiger charge is 2.19. The van der Waals surface area contributed by atoms with Gasteiger partial charge in [-0.25, -0.2) is 4.79 Å². The van der Waals surface area contributed by atoms with E-state index in [0.29, 0.717) is 12.8 Å². The van der Waals surface area contributed by atoms with E-state index in [9.17, 15) is 14.4 Å². The molecule has 0 unspecified atom stereocenters. The van der Waals surface area contributed by atoms with Crippen molar-refractivity contribution in [1.29, 1.82) is 0 Å². The van der Waals surface area contributed by atoms with Gasteiger partial charge in [-0.05, 0) is 34.6 Å². The molecule has 1 amide bonds. The minimum absolute atomic E-state index is 0. The van der Waals surface area contributed by atoms with Gasteiger partial charge in [0.05, 0.1) is 12.1 Å². The van der Waals surface area contributed by atoms with Gasteiger partial charge in [-0.2, -0.15) is 0 Å². The monoisotopic (exact) mass is 338 g/mol. The molecule has 0 saturated carbocycles. The van der Waals surface area contributed by atoms with Crippen molar-refractivity contribution in [3.63, 3.8) is 0 Å². The molecule has 0 fully saturated rings. The lowest BCUT2D eigenvalue weighted by atomic mass is 10.2. The van der Waals surface area contributed by atoms with Crippen LogP contribution in [0.4, 0.5) is 4.79 Å². The molecule has 0 radical (unpaired) electrons. The first-order valence-corrected chi connectivity index (χ1v) is 7.25. The third-order valence-electron chi connectivity index (χ3n) is 2.42. The highest BCUT2D eigenvalue weighted by atomic mass is 35.5. The lowest BCUT2D eigenvalue weighted by Crippen LogP contribution is -2.41. The van der Waals surface area contributed by atoms with Crippen LogP contribution in [0, 0.1) is 0 Å². The van der Waals surface area contributed by atoms with Gasteiger partial charge in [0.15, 0.2) is 5.78 Å².